The summed E-state index contributed by atoms with van der Waals surface area (Å²) < 4.78 is 12.9. The van der Waals surface area contributed by atoms with Gasteiger partial charge in [0.2, 0.25) is 0 Å². The second-order valence-corrected chi connectivity index (χ2v) is 5.60. The molecule has 0 aliphatic carbocycles. The maximum Gasteiger partial charge on any atom is 0.191 e. The molecule has 1 heterocycles. The van der Waals surface area contributed by atoms with Crippen LogP contribution in [0.2, 0.25) is 0 Å². The third-order valence-corrected chi connectivity index (χ3v) is 3.95. The van der Waals surface area contributed by atoms with Crippen LogP contribution >= 0.6 is 0 Å². The van der Waals surface area contributed by atoms with Crippen molar-refractivity contribution in [2.24, 2.45) is 4.99 Å². The molecule has 0 fully saturated rings. The van der Waals surface area contributed by atoms with E-state index in [0.29, 0.717) is 19.0 Å². The van der Waals surface area contributed by atoms with E-state index in [1.54, 1.807) is 19.2 Å². The zero-order valence-electron chi connectivity index (χ0n) is 15.1. The van der Waals surface area contributed by atoms with Crippen molar-refractivity contribution in [2.75, 3.05) is 25.0 Å². The van der Waals surface area contributed by atoms with E-state index in [0.717, 1.165) is 30.0 Å². The van der Waals surface area contributed by atoms with Gasteiger partial charge in [-0.1, -0.05) is 18.2 Å². The first kappa shape index (κ1) is 18.7. The van der Waals surface area contributed by atoms with Crippen molar-refractivity contribution < 1.29 is 4.39 Å². The Morgan fingerprint density at radius 2 is 1.60 bits per heavy atom. The van der Waals surface area contributed by atoms with Crippen molar-refractivity contribution in [1.82, 2.24) is 15.6 Å². The molecule has 2 aromatic rings. The normalized spacial score (nSPS) is 11.3. The first-order chi connectivity index (χ1) is 12.2. The fourth-order valence-electron chi connectivity index (χ4n) is 2.45. The third kappa shape index (κ3) is 5.74. The number of nitrogens with zero attached hydrogens (tertiary/aromatic N) is 3. The zero-order valence-corrected chi connectivity index (χ0v) is 15.1. The molecule has 0 radical (unpaired) electrons. The van der Waals surface area contributed by atoms with Crippen LogP contribution in [-0.4, -0.2) is 31.1 Å². The largest absolute Gasteiger partial charge is 0.357 e. The Hall–Kier alpha value is -2.63. The fraction of sp³-hybridized carbons (Fsp3) is 0.368. The van der Waals surface area contributed by atoms with E-state index < -0.39 is 0 Å². The van der Waals surface area contributed by atoms with E-state index in [1.165, 1.54) is 12.1 Å². The molecule has 0 atom stereocenters. The highest BCUT2D eigenvalue weighted by molar-refractivity contribution is 5.79. The van der Waals surface area contributed by atoms with Crippen LogP contribution in [0, 0.1) is 5.82 Å². The highest BCUT2D eigenvalue weighted by Gasteiger charge is 2.04. The van der Waals surface area contributed by atoms with Gasteiger partial charge in [0.1, 0.15) is 11.6 Å². The number of halogens is 1. The lowest BCUT2D eigenvalue weighted by atomic mass is 10.2. The Kier molecular flexibility index (Phi) is 7.19. The van der Waals surface area contributed by atoms with Gasteiger partial charge in [0.15, 0.2) is 5.96 Å². The molecule has 0 saturated heterocycles. The molecule has 25 heavy (non-hydrogen) atoms. The number of anilines is 1. The van der Waals surface area contributed by atoms with Gasteiger partial charge in [-0.05, 0) is 43.2 Å². The summed E-state index contributed by atoms with van der Waals surface area (Å²) in [7, 11) is 1.72. The van der Waals surface area contributed by atoms with E-state index in [1.807, 2.05) is 12.3 Å². The number of hydrogen-bond donors (Lipinski definition) is 2. The summed E-state index contributed by atoms with van der Waals surface area (Å²) in [6, 6.07) is 10.5. The van der Waals surface area contributed by atoms with Crippen molar-refractivity contribution >= 4 is 11.8 Å². The summed E-state index contributed by atoms with van der Waals surface area (Å²) >= 11 is 0. The maximum atomic E-state index is 12.9. The minimum Gasteiger partial charge on any atom is -0.357 e. The molecule has 5 nitrogen and oxygen atoms in total. The van der Waals surface area contributed by atoms with E-state index in [9.17, 15) is 4.39 Å². The summed E-state index contributed by atoms with van der Waals surface area (Å²) in [6.45, 7) is 7.35. The molecule has 0 saturated carbocycles. The lowest BCUT2D eigenvalue weighted by Crippen LogP contribution is -2.36. The molecule has 1 aromatic carbocycles. The predicted octanol–water partition coefficient (Wildman–Crippen LogP) is 2.93. The monoisotopic (exact) mass is 343 g/mol. The Balaban J connectivity index is 1.84. The molecular weight excluding hydrogens is 317 g/mol. The Morgan fingerprint density at radius 1 is 1.00 bits per heavy atom. The van der Waals surface area contributed by atoms with Crippen molar-refractivity contribution in [1.29, 1.82) is 0 Å². The standard InChI is InChI=1S/C19H26FN5/c1-4-25(5-2)18-11-8-16(13-22-18)14-24-19(21-3)23-12-15-6-9-17(20)10-7-15/h6-11,13H,4-5,12,14H2,1-3H3,(H2,21,23,24). The summed E-state index contributed by atoms with van der Waals surface area (Å²) in [4.78, 5) is 10.9. The van der Waals surface area contributed by atoms with E-state index in [-0.39, 0.29) is 5.82 Å². The Bertz CT molecular complexity index is 663. The van der Waals surface area contributed by atoms with Crippen molar-refractivity contribution in [3.63, 3.8) is 0 Å². The van der Waals surface area contributed by atoms with Crippen LogP contribution in [0.5, 0.6) is 0 Å². The van der Waals surface area contributed by atoms with Crippen LogP contribution in [0.3, 0.4) is 0 Å². The van der Waals surface area contributed by atoms with Crippen LogP contribution in [0.15, 0.2) is 47.6 Å². The number of guanidine groups is 1. The maximum absolute atomic E-state index is 12.9. The fourth-order valence-corrected chi connectivity index (χ4v) is 2.45. The average molecular weight is 343 g/mol. The Morgan fingerprint density at radius 3 is 2.12 bits per heavy atom. The third-order valence-electron chi connectivity index (χ3n) is 3.95. The summed E-state index contributed by atoms with van der Waals surface area (Å²) in [5.41, 5.74) is 2.08. The smallest absolute Gasteiger partial charge is 0.191 e. The quantitative estimate of drug-likeness (QED) is 0.599. The minimum absolute atomic E-state index is 0.230. The van der Waals surface area contributed by atoms with E-state index >= 15 is 0 Å². The molecule has 2 rings (SSSR count). The number of aliphatic imine (C=N–C) groups is 1. The molecule has 0 unspecified atom stereocenters. The second kappa shape index (κ2) is 9.61. The molecule has 0 amide bonds. The van der Waals surface area contributed by atoms with Gasteiger partial charge in [-0.3, -0.25) is 4.99 Å². The SMILES string of the molecule is CCN(CC)c1ccc(CNC(=NC)NCc2ccc(F)cc2)cn1. The lowest BCUT2D eigenvalue weighted by Gasteiger charge is -2.19. The van der Waals surface area contributed by atoms with E-state index in [2.05, 4.69) is 45.4 Å². The molecule has 2 N–H and O–H groups in total. The zero-order chi connectivity index (χ0) is 18.1. The van der Waals surface area contributed by atoms with Crippen LogP contribution in [0.1, 0.15) is 25.0 Å². The van der Waals surface area contributed by atoms with Crippen LogP contribution < -0.4 is 15.5 Å². The first-order valence-electron chi connectivity index (χ1n) is 8.55. The van der Waals surface area contributed by atoms with Gasteiger partial charge in [-0.15, -0.1) is 0 Å². The number of hydrogen-bond acceptors (Lipinski definition) is 3. The first-order valence-corrected chi connectivity index (χ1v) is 8.55. The van der Waals surface area contributed by atoms with Crippen LogP contribution in [-0.2, 0) is 13.1 Å². The number of pyridine rings is 1. The molecular formula is C19H26FN5. The highest BCUT2D eigenvalue weighted by Crippen LogP contribution is 2.10. The molecule has 1 aromatic heterocycles. The van der Waals surface area contributed by atoms with Gasteiger partial charge < -0.3 is 15.5 Å². The molecule has 0 bridgehead atoms. The number of benzene rings is 1. The summed E-state index contributed by atoms with van der Waals surface area (Å²) in [5.74, 6) is 1.46. The molecule has 0 aliphatic rings. The molecule has 134 valence electrons. The van der Waals surface area contributed by atoms with Gasteiger partial charge in [-0.25, -0.2) is 9.37 Å². The molecule has 0 spiro atoms. The number of rotatable bonds is 7. The van der Waals surface area contributed by atoms with Gasteiger partial charge in [0, 0.05) is 39.4 Å². The average Bonchev–Trinajstić information content (AvgIpc) is 2.65. The van der Waals surface area contributed by atoms with Crippen molar-refractivity contribution in [3.8, 4) is 0 Å². The minimum atomic E-state index is -0.230. The number of aromatic nitrogens is 1. The van der Waals surface area contributed by atoms with Crippen molar-refractivity contribution in [2.45, 2.75) is 26.9 Å². The molecule has 0 aliphatic heterocycles. The van der Waals surface area contributed by atoms with Crippen molar-refractivity contribution in [3.05, 3.63) is 59.5 Å². The summed E-state index contributed by atoms with van der Waals surface area (Å²) in [6.07, 6.45) is 1.88. The van der Waals surface area contributed by atoms with E-state index in [4.69, 9.17) is 0 Å². The van der Waals surface area contributed by atoms with Gasteiger partial charge in [0.25, 0.3) is 0 Å². The summed E-state index contributed by atoms with van der Waals surface area (Å²) in [5, 5.41) is 6.47. The van der Waals surface area contributed by atoms with Gasteiger partial charge >= 0.3 is 0 Å². The van der Waals surface area contributed by atoms with Gasteiger partial charge in [0.05, 0.1) is 0 Å². The van der Waals surface area contributed by atoms with Gasteiger partial charge in [-0.2, -0.15) is 0 Å². The predicted molar refractivity (Wildman–Crippen MR) is 101 cm³/mol. The lowest BCUT2D eigenvalue weighted by molar-refractivity contribution is 0.626. The highest BCUT2D eigenvalue weighted by atomic mass is 19.1. The van der Waals surface area contributed by atoms with Crippen LogP contribution in [0.4, 0.5) is 10.2 Å². The topological polar surface area (TPSA) is 52.5 Å². The van der Waals surface area contributed by atoms with Crippen LogP contribution in [0.25, 0.3) is 0 Å². The number of nitrogens with one attached hydrogen (secondary N) is 2. The molecule has 6 heteroatoms. The second-order valence-electron chi connectivity index (χ2n) is 5.60. The Labute approximate surface area is 149 Å².